The maximum absolute atomic E-state index is 12.9. The summed E-state index contributed by atoms with van der Waals surface area (Å²) < 4.78 is 12.6. The van der Waals surface area contributed by atoms with E-state index < -0.39 is 0 Å². The van der Waals surface area contributed by atoms with Gasteiger partial charge in [-0.3, -0.25) is 4.79 Å². The summed E-state index contributed by atoms with van der Waals surface area (Å²) in [5, 5.41) is 3.15. The number of amides is 1. The summed E-state index contributed by atoms with van der Waals surface area (Å²) in [6, 6.07) is 12.6. The maximum Gasteiger partial charge on any atom is 0.251 e. The Labute approximate surface area is 171 Å². The van der Waals surface area contributed by atoms with Crippen molar-refractivity contribution in [1.82, 2.24) is 14.9 Å². The number of nitrogens with one attached hydrogen (secondary N) is 1. The van der Waals surface area contributed by atoms with E-state index in [-0.39, 0.29) is 17.9 Å². The van der Waals surface area contributed by atoms with Crippen LogP contribution in [-0.4, -0.2) is 29.7 Å². The van der Waals surface area contributed by atoms with Crippen molar-refractivity contribution in [1.29, 1.82) is 0 Å². The summed E-state index contributed by atoms with van der Waals surface area (Å²) in [6.45, 7) is 8.59. The van der Waals surface area contributed by atoms with Gasteiger partial charge < -0.3 is 19.4 Å². The van der Waals surface area contributed by atoms with Crippen LogP contribution in [0.1, 0.15) is 36.1 Å². The van der Waals surface area contributed by atoms with E-state index in [4.69, 9.17) is 14.5 Å². The fourth-order valence-corrected chi connectivity index (χ4v) is 3.30. The van der Waals surface area contributed by atoms with Crippen LogP contribution in [0.25, 0.3) is 11.0 Å². The van der Waals surface area contributed by atoms with Crippen molar-refractivity contribution in [3.63, 3.8) is 0 Å². The largest absolute Gasteiger partial charge is 0.497 e. The second kappa shape index (κ2) is 8.82. The SMILES string of the molecule is C=CCn1c(C(NC(=O)c2ccc(OC)cc2)C(C)C)nc2ccc(OC)cc21. The fourth-order valence-electron chi connectivity index (χ4n) is 3.30. The Morgan fingerprint density at radius 1 is 1.14 bits per heavy atom. The lowest BCUT2D eigenvalue weighted by Gasteiger charge is -2.23. The molecule has 2 aromatic carbocycles. The molecule has 0 radical (unpaired) electrons. The van der Waals surface area contributed by atoms with Crippen molar-refractivity contribution in [2.24, 2.45) is 5.92 Å². The minimum atomic E-state index is -0.261. The molecule has 0 spiro atoms. The van der Waals surface area contributed by atoms with Crippen molar-refractivity contribution in [2.75, 3.05) is 14.2 Å². The van der Waals surface area contributed by atoms with E-state index in [1.165, 1.54) is 0 Å². The predicted molar refractivity (Wildman–Crippen MR) is 115 cm³/mol. The summed E-state index contributed by atoms with van der Waals surface area (Å²) in [5.74, 6) is 2.26. The third-order valence-electron chi connectivity index (χ3n) is 4.88. The summed E-state index contributed by atoms with van der Waals surface area (Å²) in [4.78, 5) is 17.7. The van der Waals surface area contributed by atoms with Crippen molar-refractivity contribution in [2.45, 2.75) is 26.4 Å². The molecule has 0 saturated carbocycles. The highest BCUT2D eigenvalue weighted by molar-refractivity contribution is 5.94. The first-order valence-electron chi connectivity index (χ1n) is 9.58. The standard InChI is InChI=1S/C23H27N3O3/c1-6-13-26-20-14-18(29-5)11-12-19(20)24-22(26)21(15(2)3)25-23(27)16-7-9-17(28-4)10-8-16/h6-12,14-15,21H,1,13H2,2-5H3,(H,25,27). The number of ether oxygens (including phenoxy) is 2. The molecule has 6 nitrogen and oxygen atoms in total. The average molecular weight is 393 g/mol. The molecule has 0 fully saturated rings. The molecule has 0 aliphatic heterocycles. The number of methoxy groups -OCH3 is 2. The number of hydrogen-bond donors (Lipinski definition) is 1. The van der Waals surface area contributed by atoms with Crippen LogP contribution in [0.2, 0.25) is 0 Å². The second-order valence-corrected chi connectivity index (χ2v) is 7.15. The van der Waals surface area contributed by atoms with Crippen LogP contribution in [0.5, 0.6) is 11.5 Å². The van der Waals surface area contributed by atoms with Gasteiger partial charge in [0.05, 0.1) is 31.3 Å². The van der Waals surface area contributed by atoms with Gasteiger partial charge in [0, 0.05) is 18.2 Å². The molecule has 6 heteroatoms. The quantitative estimate of drug-likeness (QED) is 0.577. The highest BCUT2D eigenvalue weighted by atomic mass is 16.5. The third kappa shape index (κ3) is 4.26. The molecule has 0 bridgehead atoms. The van der Waals surface area contributed by atoms with E-state index in [1.54, 1.807) is 38.5 Å². The first-order valence-corrected chi connectivity index (χ1v) is 9.58. The lowest BCUT2D eigenvalue weighted by Crippen LogP contribution is -2.33. The molecule has 1 aromatic heterocycles. The molecular weight excluding hydrogens is 366 g/mol. The number of imidazole rings is 1. The summed E-state index contributed by atoms with van der Waals surface area (Å²) >= 11 is 0. The molecule has 29 heavy (non-hydrogen) atoms. The highest BCUT2D eigenvalue weighted by Crippen LogP contribution is 2.28. The highest BCUT2D eigenvalue weighted by Gasteiger charge is 2.25. The van der Waals surface area contributed by atoms with Gasteiger partial charge in [0.1, 0.15) is 17.3 Å². The maximum atomic E-state index is 12.9. The molecule has 3 rings (SSSR count). The molecule has 0 aliphatic rings. The topological polar surface area (TPSA) is 65.4 Å². The number of carbonyl (C=O) groups excluding carboxylic acids is 1. The second-order valence-electron chi connectivity index (χ2n) is 7.15. The molecule has 1 N–H and O–H groups in total. The molecule has 1 atom stereocenters. The molecule has 0 aliphatic carbocycles. The van der Waals surface area contributed by atoms with Crippen LogP contribution in [0.15, 0.2) is 55.1 Å². The van der Waals surface area contributed by atoms with Gasteiger partial charge in [-0.15, -0.1) is 6.58 Å². The lowest BCUT2D eigenvalue weighted by atomic mass is 10.0. The van der Waals surface area contributed by atoms with E-state index >= 15 is 0 Å². The van der Waals surface area contributed by atoms with Crippen LogP contribution in [0.4, 0.5) is 0 Å². The van der Waals surface area contributed by atoms with Crippen LogP contribution in [-0.2, 0) is 6.54 Å². The Bertz CT molecular complexity index is 1010. The van der Waals surface area contributed by atoms with Crippen molar-refractivity contribution < 1.29 is 14.3 Å². The van der Waals surface area contributed by atoms with Crippen LogP contribution in [0.3, 0.4) is 0 Å². The minimum Gasteiger partial charge on any atom is -0.497 e. The molecule has 1 heterocycles. The Morgan fingerprint density at radius 2 is 1.79 bits per heavy atom. The molecular formula is C23H27N3O3. The van der Waals surface area contributed by atoms with E-state index in [1.807, 2.05) is 24.3 Å². The van der Waals surface area contributed by atoms with Gasteiger partial charge in [0.15, 0.2) is 0 Å². The monoisotopic (exact) mass is 393 g/mol. The number of allylic oxidation sites excluding steroid dienone is 1. The van der Waals surface area contributed by atoms with Gasteiger partial charge >= 0.3 is 0 Å². The number of rotatable bonds is 8. The van der Waals surface area contributed by atoms with E-state index in [9.17, 15) is 4.79 Å². The first-order chi connectivity index (χ1) is 14.0. The minimum absolute atomic E-state index is 0.138. The van der Waals surface area contributed by atoms with Crippen LogP contribution >= 0.6 is 0 Å². The van der Waals surface area contributed by atoms with Gasteiger partial charge in [-0.05, 0) is 42.3 Å². The summed E-state index contributed by atoms with van der Waals surface area (Å²) in [6.07, 6.45) is 1.83. The number of aromatic nitrogens is 2. The number of benzene rings is 2. The predicted octanol–water partition coefficient (Wildman–Crippen LogP) is 4.37. The number of nitrogens with zero attached hydrogens (tertiary/aromatic N) is 2. The number of hydrogen-bond acceptors (Lipinski definition) is 4. The van der Waals surface area contributed by atoms with Crippen molar-refractivity contribution in [3.05, 3.63) is 66.5 Å². The van der Waals surface area contributed by atoms with Crippen molar-refractivity contribution >= 4 is 16.9 Å². The van der Waals surface area contributed by atoms with Gasteiger partial charge in [-0.1, -0.05) is 19.9 Å². The van der Waals surface area contributed by atoms with Crippen LogP contribution < -0.4 is 14.8 Å². The smallest absolute Gasteiger partial charge is 0.251 e. The van der Waals surface area contributed by atoms with E-state index in [0.717, 1.165) is 22.6 Å². The Morgan fingerprint density at radius 3 is 2.38 bits per heavy atom. The fraction of sp³-hybridized carbons (Fsp3) is 0.304. The molecule has 152 valence electrons. The zero-order chi connectivity index (χ0) is 21.0. The zero-order valence-electron chi connectivity index (χ0n) is 17.3. The molecule has 1 unspecified atom stereocenters. The molecule has 1 amide bonds. The van der Waals surface area contributed by atoms with E-state index in [0.29, 0.717) is 17.9 Å². The zero-order valence-corrected chi connectivity index (χ0v) is 17.3. The molecule has 0 saturated heterocycles. The Balaban J connectivity index is 1.99. The van der Waals surface area contributed by atoms with Gasteiger partial charge in [0.2, 0.25) is 0 Å². The number of carbonyl (C=O) groups is 1. The van der Waals surface area contributed by atoms with Gasteiger partial charge in [-0.2, -0.15) is 0 Å². The average Bonchev–Trinajstić information content (AvgIpc) is 3.09. The lowest BCUT2D eigenvalue weighted by molar-refractivity contribution is 0.0922. The summed E-state index contributed by atoms with van der Waals surface area (Å²) in [5.41, 5.74) is 2.38. The Kier molecular flexibility index (Phi) is 6.22. The van der Waals surface area contributed by atoms with Gasteiger partial charge in [-0.25, -0.2) is 4.98 Å². The molecule has 3 aromatic rings. The number of fused-ring (bicyclic) bond motifs is 1. The third-order valence-corrected chi connectivity index (χ3v) is 4.88. The van der Waals surface area contributed by atoms with Crippen LogP contribution in [0, 0.1) is 5.92 Å². The normalized spacial score (nSPS) is 12.0. The first kappa shape index (κ1) is 20.5. The Hall–Kier alpha value is -3.28. The van der Waals surface area contributed by atoms with Crippen molar-refractivity contribution in [3.8, 4) is 11.5 Å². The summed E-state index contributed by atoms with van der Waals surface area (Å²) in [7, 11) is 3.24. The van der Waals surface area contributed by atoms with E-state index in [2.05, 4.69) is 30.3 Å². The van der Waals surface area contributed by atoms with Gasteiger partial charge in [0.25, 0.3) is 5.91 Å².